The molecule has 23 heavy (non-hydrogen) atoms. The number of carbonyl (C=O) groups excluding carboxylic acids is 1. The molecule has 0 radical (unpaired) electrons. The molecular weight excluding hydrogens is 288 g/mol. The normalized spacial score (nSPS) is 19.3. The van der Waals surface area contributed by atoms with Gasteiger partial charge in [0.2, 0.25) is 0 Å². The lowest BCUT2D eigenvalue weighted by molar-refractivity contribution is -0.120. The number of benzene rings is 1. The van der Waals surface area contributed by atoms with Gasteiger partial charge in [0.25, 0.3) is 5.91 Å². The summed E-state index contributed by atoms with van der Waals surface area (Å²) < 4.78 is 0. The van der Waals surface area contributed by atoms with E-state index in [4.69, 9.17) is 5.26 Å². The van der Waals surface area contributed by atoms with Gasteiger partial charge in [0.15, 0.2) is 0 Å². The van der Waals surface area contributed by atoms with Crippen LogP contribution in [-0.4, -0.2) is 24.2 Å². The minimum atomic E-state index is -0.394. The van der Waals surface area contributed by atoms with Crippen molar-refractivity contribution in [3.8, 4) is 6.07 Å². The molecule has 0 aliphatic carbocycles. The van der Waals surface area contributed by atoms with E-state index in [0.717, 1.165) is 18.5 Å². The molecule has 1 amide bonds. The SMILES string of the molecule is CCN1c2ccc(/C=N\NC(=O)CC#N)cc2C(C)CC1(C)C. The smallest absolute Gasteiger partial charge is 0.254 e. The third-order valence-corrected chi connectivity index (χ3v) is 4.37. The van der Waals surface area contributed by atoms with E-state index in [9.17, 15) is 4.79 Å². The largest absolute Gasteiger partial charge is 0.366 e. The fourth-order valence-electron chi connectivity index (χ4n) is 3.48. The van der Waals surface area contributed by atoms with E-state index in [1.807, 2.05) is 6.07 Å². The van der Waals surface area contributed by atoms with Gasteiger partial charge in [-0.3, -0.25) is 4.79 Å². The molecule has 2 rings (SSSR count). The highest BCUT2D eigenvalue weighted by Crippen LogP contribution is 2.43. The molecule has 1 N–H and O–H groups in total. The lowest BCUT2D eigenvalue weighted by Gasteiger charge is -2.47. The van der Waals surface area contributed by atoms with Gasteiger partial charge >= 0.3 is 0 Å². The Labute approximate surface area is 138 Å². The predicted octanol–water partition coefficient (Wildman–Crippen LogP) is 3.16. The van der Waals surface area contributed by atoms with E-state index < -0.39 is 5.91 Å². The first-order valence-electron chi connectivity index (χ1n) is 7.99. The van der Waals surface area contributed by atoms with Crippen molar-refractivity contribution in [2.75, 3.05) is 11.4 Å². The molecule has 122 valence electrons. The predicted molar refractivity (Wildman–Crippen MR) is 92.5 cm³/mol. The second-order valence-electron chi connectivity index (χ2n) is 6.61. The van der Waals surface area contributed by atoms with E-state index in [1.54, 1.807) is 12.3 Å². The standard InChI is InChI=1S/C18H24N4O/c1-5-22-16-7-6-14(12-20-21-17(23)8-9-19)10-15(16)13(2)11-18(22,3)4/h6-7,10,12-13H,5,8,11H2,1-4H3,(H,21,23)/b20-12-. The number of fused-ring (bicyclic) bond motifs is 1. The van der Waals surface area contributed by atoms with E-state index in [-0.39, 0.29) is 12.0 Å². The van der Waals surface area contributed by atoms with E-state index in [0.29, 0.717) is 5.92 Å². The molecule has 1 aliphatic heterocycles. The molecule has 0 saturated carbocycles. The summed E-state index contributed by atoms with van der Waals surface area (Å²) in [5.41, 5.74) is 6.05. The van der Waals surface area contributed by atoms with Gasteiger partial charge in [-0.1, -0.05) is 13.0 Å². The second-order valence-corrected chi connectivity index (χ2v) is 6.61. The van der Waals surface area contributed by atoms with Gasteiger partial charge < -0.3 is 4.90 Å². The summed E-state index contributed by atoms with van der Waals surface area (Å²) in [5.74, 6) is 0.0818. The van der Waals surface area contributed by atoms with Gasteiger partial charge in [-0.15, -0.1) is 0 Å². The maximum absolute atomic E-state index is 11.2. The third-order valence-electron chi connectivity index (χ3n) is 4.37. The Balaban J connectivity index is 2.23. The minimum Gasteiger partial charge on any atom is -0.366 e. The zero-order valence-corrected chi connectivity index (χ0v) is 14.3. The van der Waals surface area contributed by atoms with Crippen LogP contribution in [-0.2, 0) is 4.79 Å². The fraction of sp³-hybridized carbons (Fsp3) is 0.500. The summed E-state index contributed by atoms with van der Waals surface area (Å²) in [5, 5.41) is 12.4. The van der Waals surface area contributed by atoms with Crippen LogP contribution in [0.25, 0.3) is 0 Å². The minimum absolute atomic E-state index is 0.155. The quantitative estimate of drug-likeness (QED) is 0.686. The average Bonchev–Trinajstić information content (AvgIpc) is 2.47. The highest BCUT2D eigenvalue weighted by Gasteiger charge is 2.35. The molecule has 1 atom stereocenters. The number of nitrogens with zero attached hydrogens (tertiary/aromatic N) is 3. The fourth-order valence-corrected chi connectivity index (χ4v) is 3.48. The first kappa shape index (κ1) is 17.0. The summed E-state index contributed by atoms with van der Waals surface area (Å²) in [7, 11) is 0. The zero-order chi connectivity index (χ0) is 17.0. The molecule has 0 saturated heterocycles. The lowest BCUT2D eigenvalue weighted by atomic mass is 9.79. The first-order chi connectivity index (χ1) is 10.9. The Kier molecular flexibility index (Phi) is 5.05. The van der Waals surface area contributed by atoms with Crippen LogP contribution in [0.2, 0.25) is 0 Å². The number of nitrogens with one attached hydrogen (secondary N) is 1. The average molecular weight is 312 g/mol. The van der Waals surface area contributed by atoms with E-state index in [1.165, 1.54) is 11.3 Å². The van der Waals surface area contributed by atoms with Crippen LogP contribution in [0.4, 0.5) is 5.69 Å². The van der Waals surface area contributed by atoms with Crippen molar-refractivity contribution in [2.24, 2.45) is 5.10 Å². The summed E-state index contributed by atoms with van der Waals surface area (Å²) in [6, 6.07) is 8.07. The molecule has 5 nitrogen and oxygen atoms in total. The van der Waals surface area contributed by atoms with Crippen LogP contribution >= 0.6 is 0 Å². The molecule has 0 aromatic heterocycles. The molecule has 1 aromatic rings. The summed E-state index contributed by atoms with van der Waals surface area (Å²) in [6.45, 7) is 9.99. The lowest BCUT2D eigenvalue weighted by Crippen LogP contribution is -2.48. The van der Waals surface area contributed by atoms with Gasteiger partial charge in [0.1, 0.15) is 6.42 Å². The van der Waals surface area contributed by atoms with Gasteiger partial charge in [0, 0.05) is 17.8 Å². The maximum atomic E-state index is 11.2. The number of hydrogen-bond acceptors (Lipinski definition) is 4. The number of carbonyl (C=O) groups is 1. The van der Waals surface area contributed by atoms with Crippen LogP contribution in [0.5, 0.6) is 0 Å². The molecule has 0 fully saturated rings. The topological polar surface area (TPSA) is 68.5 Å². The van der Waals surface area contributed by atoms with Crippen molar-refractivity contribution >= 4 is 17.8 Å². The van der Waals surface area contributed by atoms with Crippen molar-refractivity contribution < 1.29 is 4.79 Å². The van der Waals surface area contributed by atoms with Gasteiger partial charge in [-0.2, -0.15) is 10.4 Å². The second kappa shape index (κ2) is 6.82. The van der Waals surface area contributed by atoms with Crippen molar-refractivity contribution in [3.05, 3.63) is 29.3 Å². The summed E-state index contributed by atoms with van der Waals surface area (Å²) in [6.07, 6.45) is 2.55. The molecule has 1 aliphatic rings. The van der Waals surface area contributed by atoms with Crippen LogP contribution in [0.15, 0.2) is 23.3 Å². The molecule has 0 spiro atoms. The monoisotopic (exact) mass is 312 g/mol. The Morgan fingerprint density at radius 3 is 2.96 bits per heavy atom. The Morgan fingerprint density at radius 1 is 1.57 bits per heavy atom. The third kappa shape index (κ3) is 3.70. The van der Waals surface area contributed by atoms with Gasteiger partial charge in [0.05, 0.1) is 12.3 Å². The highest BCUT2D eigenvalue weighted by atomic mass is 16.2. The van der Waals surface area contributed by atoms with Crippen LogP contribution in [0.3, 0.4) is 0 Å². The Bertz CT molecular complexity index is 657. The van der Waals surface area contributed by atoms with Crippen LogP contribution in [0.1, 0.15) is 57.6 Å². The molecule has 0 bridgehead atoms. The summed E-state index contributed by atoms with van der Waals surface area (Å²) >= 11 is 0. The zero-order valence-electron chi connectivity index (χ0n) is 14.3. The molecule has 5 heteroatoms. The van der Waals surface area contributed by atoms with Crippen LogP contribution < -0.4 is 10.3 Å². The van der Waals surface area contributed by atoms with Crippen molar-refractivity contribution in [1.82, 2.24) is 5.43 Å². The van der Waals surface area contributed by atoms with Crippen molar-refractivity contribution in [1.29, 1.82) is 5.26 Å². The molecular formula is C18H24N4O. The molecule has 1 unspecified atom stereocenters. The summed E-state index contributed by atoms with van der Waals surface area (Å²) in [4.78, 5) is 13.7. The number of rotatable bonds is 4. The number of amides is 1. The van der Waals surface area contributed by atoms with Gasteiger partial charge in [-0.25, -0.2) is 5.43 Å². The van der Waals surface area contributed by atoms with Crippen molar-refractivity contribution in [2.45, 2.75) is 52.0 Å². The first-order valence-corrected chi connectivity index (χ1v) is 7.99. The molecule has 1 aromatic carbocycles. The number of hydrazone groups is 1. The van der Waals surface area contributed by atoms with Crippen molar-refractivity contribution in [3.63, 3.8) is 0 Å². The number of hydrogen-bond donors (Lipinski definition) is 1. The van der Waals surface area contributed by atoms with Crippen LogP contribution in [0, 0.1) is 11.3 Å². The Morgan fingerprint density at radius 2 is 2.30 bits per heavy atom. The Hall–Kier alpha value is -2.35. The highest BCUT2D eigenvalue weighted by molar-refractivity contribution is 5.84. The van der Waals surface area contributed by atoms with E-state index >= 15 is 0 Å². The van der Waals surface area contributed by atoms with E-state index in [2.05, 4.69) is 55.3 Å². The maximum Gasteiger partial charge on any atom is 0.254 e. The number of anilines is 1. The molecule has 1 heterocycles. The number of nitriles is 1. The van der Waals surface area contributed by atoms with Gasteiger partial charge in [-0.05, 0) is 56.4 Å².